The van der Waals surface area contributed by atoms with E-state index in [2.05, 4.69) is 10.2 Å². The van der Waals surface area contributed by atoms with Crippen molar-refractivity contribution in [3.05, 3.63) is 94.9 Å². The van der Waals surface area contributed by atoms with Crippen LogP contribution in [0, 0.1) is 5.92 Å². The van der Waals surface area contributed by atoms with Crippen LogP contribution >= 0.6 is 11.6 Å². The van der Waals surface area contributed by atoms with Crippen LogP contribution in [0.2, 0.25) is 5.02 Å². The first kappa shape index (κ1) is 23.3. The van der Waals surface area contributed by atoms with Gasteiger partial charge in [0.15, 0.2) is 22.9 Å². The molecule has 1 fully saturated rings. The second kappa shape index (κ2) is 9.72. The van der Waals surface area contributed by atoms with E-state index in [1.165, 1.54) is 12.8 Å². The van der Waals surface area contributed by atoms with E-state index in [9.17, 15) is 4.79 Å². The van der Waals surface area contributed by atoms with Crippen molar-refractivity contribution < 1.29 is 14.3 Å². The third-order valence-corrected chi connectivity index (χ3v) is 6.81. The first-order valence-corrected chi connectivity index (χ1v) is 12.4. The van der Waals surface area contributed by atoms with Gasteiger partial charge >= 0.3 is 0 Å². The lowest BCUT2D eigenvalue weighted by molar-refractivity contribution is -0.111. The number of rotatable bonds is 5. The maximum atomic E-state index is 11.1. The number of anilines is 2. The number of aromatic nitrogens is 3. The summed E-state index contributed by atoms with van der Waals surface area (Å²) in [7, 11) is 0. The number of pyridine rings is 1. The summed E-state index contributed by atoms with van der Waals surface area (Å²) in [6.45, 7) is 0.272. The van der Waals surface area contributed by atoms with E-state index in [4.69, 9.17) is 26.9 Å². The van der Waals surface area contributed by atoms with Crippen LogP contribution < -0.4 is 20.3 Å². The van der Waals surface area contributed by atoms with Crippen molar-refractivity contribution in [2.24, 2.45) is 11.8 Å². The normalized spacial score (nSPS) is 16.5. The second-order valence-electron chi connectivity index (χ2n) is 9.09. The van der Waals surface area contributed by atoms with Gasteiger partial charge in [-0.1, -0.05) is 35.9 Å². The molecule has 2 aromatic carbocycles. The molecule has 0 amide bonds. The van der Waals surface area contributed by atoms with E-state index in [-0.39, 0.29) is 12.6 Å². The largest absolute Gasteiger partial charge is 0.454 e. The molecule has 186 valence electrons. The molecule has 0 radical (unpaired) electrons. The summed E-state index contributed by atoms with van der Waals surface area (Å²) < 4.78 is 12.4. The number of hydrogen-bond acceptors (Lipinski definition) is 7. The summed E-state index contributed by atoms with van der Waals surface area (Å²) in [5, 5.41) is 10.6. The van der Waals surface area contributed by atoms with Crippen LogP contribution in [-0.2, 0) is 11.2 Å². The molecular formula is C28H24ClN5O3. The Kier molecular flexibility index (Phi) is 6.12. The highest BCUT2D eigenvalue weighted by molar-refractivity contribution is 6.36. The zero-order chi connectivity index (χ0) is 25.4. The number of nitrogens with zero attached hydrogens (tertiary/aromatic N) is 4. The van der Waals surface area contributed by atoms with Gasteiger partial charge in [0.25, 0.3) is 0 Å². The Morgan fingerprint density at radius 2 is 1.86 bits per heavy atom. The molecule has 0 atom stereocenters. The van der Waals surface area contributed by atoms with Gasteiger partial charge in [-0.2, -0.15) is 0 Å². The quantitative estimate of drug-likeness (QED) is 0.220. The topological polar surface area (TPSA) is 95.0 Å². The molecule has 3 heterocycles. The van der Waals surface area contributed by atoms with Gasteiger partial charge in [-0.3, -0.25) is 14.2 Å². The number of fused-ring (bicyclic) bond motifs is 2. The van der Waals surface area contributed by atoms with E-state index in [1.54, 1.807) is 17.2 Å². The number of carbonyl (C=O) groups is 1. The lowest BCUT2D eigenvalue weighted by atomic mass is 9.98. The first-order chi connectivity index (χ1) is 18.1. The number of carbonyl (C=O) groups excluding carboxylic acids is 1. The Morgan fingerprint density at radius 3 is 2.59 bits per heavy atom. The van der Waals surface area contributed by atoms with Crippen LogP contribution in [0.5, 0.6) is 11.5 Å². The number of hydrogen-bond donors (Lipinski definition) is 1. The summed E-state index contributed by atoms with van der Waals surface area (Å²) in [5.74, 6) is 9.48. The van der Waals surface area contributed by atoms with Crippen molar-refractivity contribution in [3.8, 4) is 11.5 Å². The van der Waals surface area contributed by atoms with Crippen LogP contribution in [0.3, 0.4) is 0 Å². The number of nitrogens with two attached hydrogens (primary N) is 1. The zero-order valence-electron chi connectivity index (χ0n) is 19.9. The highest BCUT2D eigenvalue weighted by atomic mass is 35.5. The third kappa shape index (κ3) is 4.81. The molecular weight excluding hydrogens is 490 g/mol. The summed E-state index contributed by atoms with van der Waals surface area (Å²) in [5.41, 5.74) is 3.92. The molecule has 0 unspecified atom stereocenters. The molecule has 2 aromatic heterocycles. The van der Waals surface area contributed by atoms with Crippen LogP contribution in [0.25, 0.3) is 11.7 Å². The number of ether oxygens (including phenoxy) is 2. The summed E-state index contributed by atoms with van der Waals surface area (Å²) in [6, 6.07) is 17.2. The molecule has 4 aromatic rings. The SMILES string of the molecule is NN(c1ccccc1)c1ccn2c(CC3CC3)nnc2c1Cl.O=C1C=CC1=Cc1ccc2c(c1)OCO2. The van der Waals surface area contributed by atoms with Crippen LogP contribution in [0.15, 0.2) is 78.5 Å². The molecule has 3 aliphatic rings. The van der Waals surface area contributed by atoms with E-state index in [0.717, 1.165) is 46.5 Å². The Balaban J connectivity index is 0.000000146. The number of para-hydroxylation sites is 1. The lowest BCUT2D eigenvalue weighted by Gasteiger charge is -2.20. The number of hydrazine groups is 1. The maximum absolute atomic E-state index is 11.1. The molecule has 8 nitrogen and oxygen atoms in total. The molecule has 0 saturated heterocycles. The minimum atomic E-state index is 0.0765. The van der Waals surface area contributed by atoms with Gasteiger partial charge in [-0.15, -0.1) is 10.2 Å². The van der Waals surface area contributed by atoms with Gasteiger partial charge < -0.3 is 9.47 Å². The van der Waals surface area contributed by atoms with E-state index in [0.29, 0.717) is 16.4 Å². The summed E-state index contributed by atoms with van der Waals surface area (Å²) in [4.78, 5) is 11.1. The minimum absolute atomic E-state index is 0.0765. The molecule has 2 N–H and O–H groups in total. The fourth-order valence-corrected chi connectivity index (χ4v) is 4.43. The highest BCUT2D eigenvalue weighted by Crippen LogP contribution is 2.35. The predicted molar refractivity (Wildman–Crippen MR) is 142 cm³/mol. The van der Waals surface area contributed by atoms with Crippen LogP contribution in [-0.4, -0.2) is 27.2 Å². The first-order valence-electron chi connectivity index (χ1n) is 12.0. The molecule has 7 rings (SSSR count). The van der Waals surface area contributed by atoms with Crippen molar-refractivity contribution in [3.63, 3.8) is 0 Å². The van der Waals surface area contributed by atoms with Gasteiger partial charge in [0.1, 0.15) is 10.8 Å². The second-order valence-corrected chi connectivity index (χ2v) is 9.47. The molecule has 0 bridgehead atoms. The van der Waals surface area contributed by atoms with Crippen molar-refractivity contribution in [1.29, 1.82) is 0 Å². The minimum Gasteiger partial charge on any atom is -0.454 e. The summed E-state index contributed by atoms with van der Waals surface area (Å²) in [6.07, 6.45) is 10.7. The number of allylic oxidation sites excluding steroid dienone is 3. The Morgan fingerprint density at radius 1 is 1.05 bits per heavy atom. The average Bonchev–Trinajstić information content (AvgIpc) is 3.45. The van der Waals surface area contributed by atoms with Gasteiger partial charge in [-0.05, 0) is 72.9 Å². The zero-order valence-corrected chi connectivity index (χ0v) is 20.6. The van der Waals surface area contributed by atoms with Gasteiger partial charge in [0.05, 0.1) is 11.4 Å². The number of halogens is 1. The molecule has 9 heteroatoms. The number of ketones is 1. The molecule has 1 saturated carbocycles. The Bertz CT molecular complexity index is 1540. The van der Waals surface area contributed by atoms with Crippen molar-refractivity contribution in [2.45, 2.75) is 19.3 Å². The van der Waals surface area contributed by atoms with Crippen molar-refractivity contribution >= 4 is 40.5 Å². The Hall–Kier alpha value is -4.14. The Labute approximate surface area is 218 Å². The number of benzene rings is 2. The highest BCUT2D eigenvalue weighted by Gasteiger charge is 2.25. The van der Waals surface area contributed by atoms with Crippen LogP contribution in [0.1, 0.15) is 24.2 Å². The van der Waals surface area contributed by atoms with Crippen molar-refractivity contribution in [2.75, 3.05) is 11.8 Å². The molecule has 37 heavy (non-hydrogen) atoms. The molecule has 2 aliphatic carbocycles. The summed E-state index contributed by atoms with van der Waals surface area (Å²) >= 11 is 6.51. The molecule has 0 spiro atoms. The van der Waals surface area contributed by atoms with E-state index in [1.807, 2.05) is 71.3 Å². The smallest absolute Gasteiger partial charge is 0.231 e. The van der Waals surface area contributed by atoms with Crippen molar-refractivity contribution in [1.82, 2.24) is 14.6 Å². The van der Waals surface area contributed by atoms with Gasteiger partial charge in [0, 0.05) is 18.2 Å². The third-order valence-electron chi connectivity index (χ3n) is 6.45. The fourth-order valence-electron chi connectivity index (χ4n) is 4.15. The van der Waals surface area contributed by atoms with Gasteiger partial charge in [0.2, 0.25) is 6.79 Å². The van der Waals surface area contributed by atoms with E-state index < -0.39 is 0 Å². The van der Waals surface area contributed by atoms with Crippen LogP contribution in [0.4, 0.5) is 11.4 Å². The standard InChI is InChI=1S/C16H16ClN5.C12H8O3/c17-15-13(22(18)12-4-2-1-3-5-12)8-9-21-14(10-11-6-7-11)19-20-16(15)21;13-10-3-2-9(10)5-8-1-4-11-12(6-8)15-7-14-11/h1-5,8-9,11H,6-7,10,18H2;1-6H,7H2. The average molecular weight is 514 g/mol. The van der Waals surface area contributed by atoms with E-state index >= 15 is 0 Å². The lowest BCUT2D eigenvalue weighted by Crippen LogP contribution is -2.25. The predicted octanol–water partition coefficient (Wildman–Crippen LogP) is 5.28. The molecule has 1 aliphatic heterocycles. The monoisotopic (exact) mass is 513 g/mol. The van der Waals surface area contributed by atoms with Gasteiger partial charge in [-0.25, -0.2) is 5.84 Å². The fraction of sp³-hybridized carbons (Fsp3) is 0.179. The maximum Gasteiger partial charge on any atom is 0.231 e.